The number of carboxylic acids is 2. The van der Waals surface area contributed by atoms with Gasteiger partial charge in [0.2, 0.25) is 0 Å². The van der Waals surface area contributed by atoms with Crippen LogP contribution >= 0.6 is 0 Å². The second-order valence-electron chi connectivity index (χ2n) is 3.04. The fraction of sp³-hybridized carbons (Fsp3) is 0.100. The maximum absolute atomic E-state index is 11.1. The standard InChI is InChI=1S/C10H10N2O5/c1-11-10(17)12-6-4-2-3-5(8(13)14)7(6)9(15)16/h2-4H,1H3,(H,13,14)(H,15,16)(H2,11,12,17). The van der Waals surface area contributed by atoms with Gasteiger partial charge in [0.1, 0.15) is 0 Å². The van der Waals surface area contributed by atoms with Crippen molar-refractivity contribution in [2.45, 2.75) is 0 Å². The molecule has 0 aliphatic rings. The molecule has 1 aromatic rings. The zero-order valence-electron chi connectivity index (χ0n) is 8.85. The van der Waals surface area contributed by atoms with Gasteiger partial charge in [0.05, 0.1) is 16.8 Å². The van der Waals surface area contributed by atoms with Crippen LogP contribution in [0.2, 0.25) is 0 Å². The normalized spacial score (nSPS) is 9.47. The number of rotatable bonds is 3. The summed E-state index contributed by atoms with van der Waals surface area (Å²) in [4.78, 5) is 32.9. The molecule has 0 saturated carbocycles. The van der Waals surface area contributed by atoms with Crippen molar-refractivity contribution < 1.29 is 24.6 Å². The Labute approximate surface area is 96.1 Å². The minimum Gasteiger partial charge on any atom is -0.478 e. The molecule has 0 spiro atoms. The third-order valence-electron chi connectivity index (χ3n) is 1.98. The van der Waals surface area contributed by atoms with E-state index >= 15 is 0 Å². The number of urea groups is 1. The summed E-state index contributed by atoms with van der Waals surface area (Å²) in [5, 5.41) is 22.3. The second-order valence-corrected chi connectivity index (χ2v) is 3.04. The van der Waals surface area contributed by atoms with Crippen LogP contribution in [-0.2, 0) is 0 Å². The zero-order valence-corrected chi connectivity index (χ0v) is 8.85. The zero-order chi connectivity index (χ0) is 13.0. The SMILES string of the molecule is CNC(=O)Nc1cccc(C(=O)O)c1C(=O)O. The van der Waals surface area contributed by atoms with Gasteiger partial charge in [0.15, 0.2) is 0 Å². The number of hydrogen-bond donors (Lipinski definition) is 4. The van der Waals surface area contributed by atoms with E-state index in [4.69, 9.17) is 10.2 Å². The molecule has 7 heteroatoms. The molecule has 0 aliphatic carbocycles. The van der Waals surface area contributed by atoms with E-state index in [0.29, 0.717) is 0 Å². The number of amides is 2. The number of carbonyl (C=O) groups is 3. The van der Waals surface area contributed by atoms with E-state index < -0.39 is 23.5 Å². The Kier molecular flexibility index (Phi) is 3.66. The van der Waals surface area contributed by atoms with Crippen molar-refractivity contribution in [3.8, 4) is 0 Å². The fourth-order valence-corrected chi connectivity index (χ4v) is 1.25. The van der Waals surface area contributed by atoms with Crippen LogP contribution < -0.4 is 10.6 Å². The Morgan fingerprint density at radius 3 is 2.24 bits per heavy atom. The van der Waals surface area contributed by atoms with Gasteiger partial charge in [-0.25, -0.2) is 14.4 Å². The number of nitrogens with one attached hydrogen (secondary N) is 2. The van der Waals surface area contributed by atoms with Crippen LogP contribution in [0.4, 0.5) is 10.5 Å². The van der Waals surface area contributed by atoms with E-state index in [1.54, 1.807) is 0 Å². The molecular weight excluding hydrogens is 228 g/mol. The number of carbonyl (C=O) groups excluding carboxylic acids is 1. The molecule has 1 rings (SSSR count). The first kappa shape index (κ1) is 12.5. The highest BCUT2D eigenvalue weighted by Gasteiger charge is 2.20. The van der Waals surface area contributed by atoms with E-state index in [0.717, 1.165) is 6.07 Å². The highest BCUT2D eigenvalue weighted by atomic mass is 16.4. The summed E-state index contributed by atoms with van der Waals surface area (Å²) >= 11 is 0. The van der Waals surface area contributed by atoms with E-state index in [1.165, 1.54) is 19.2 Å². The van der Waals surface area contributed by atoms with Gasteiger partial charge in [-0.3, -0.25) is 0 Å². The van der Waals surface area contributed by atoms with Gasteiger partial charge in [-0.1, -0.05) is 6.07 Å². The lowest BCUT2D eigenvalue weighted by molar-refractivity contribution is 0.0652. The molecule has 0 heterocycles. The van der Waals surface area contributed by atoms with Crippen molar-refractivity contribution in [2.24, 2.45) is 0 Å². The minimum absolute atomic E-state index is 0.0725. The first-order valence-corrected chi connectivity index (χ1v) is 4.55. The van der Waals surface area contributed by atoms with Gasteiger partial charge in [-0.2, -0.15) is 0 Å². The number of carboxylic acid groups (broad SMARTS) is 2. The van der Waals surface area contributed by atoms with Gasteiger partial charge in [0.25, 0.3) is 0 Å². The average Bonchev–Trinajstić information content (AvgIpc) is 2.28. The topological polar surface area (TPSA) is 116 Å². The summed E-state index contributed by atoms with van der Waals surface area (Å²) in [6, 6.07) is 3.18. The summed E-state index contributed by atoms with van der Waals surface area (Å²) in [7, 11) is 1.36. The van der Waals surface area contributed by atoms with Crippen molar-refractivity contribution in [3.63, 3.8) is 0 Å². The van der Waals surface area contributed by atoms with Gasteiger partial charge in [-0.05, 0) is 12.1 Å². The Balaban J connectivity index is 3.30. The molecule has 0 bridgehead atoms. The lowest BCUT2D eigenvalue weighted by atomic mass is 10.1. The molecule has 17 heavy (non-hydrogen) atoms. The van der Waals surface area contributed by atoms with Gasteiger partial charge < -0.3 is 20.8 Å². The maximum Gasteiger partial charge on any atom is 0.338 e. The summed E-state index contributed by atoms with van der Waals surface area (Å²) in [6.07, 6.45) is 0. The average molecular weight is 238 g/mol. The highest BCUT2D eigenvalue weighted by Crippen LogP contribution is 2.20. The minimum atomic E-state index is -1.42. The second kappa shape index (κ2) is 4.97. The molecular formula is C10H10N2O5. The Morgan fingerprint density at radius 2 is 1.76 bits per heavy atom. The van der Waals surface area contributed by atoms with Gasteiger partial charge >= 0.3 is 18.0 Å². The van der Waals surface area contributed by atoms with Crippen LogP contribution in [-0.4, -0.2) is 35.2 Å². The van der Waals surface area contributed by atoms with E-state index in [2.05, 4.69) is 10.6 Å². The molecule has 0 saturated heterocycles. The van der Waals surface area contributed by atoms with Crippen molar-refractivity contribution in [1.29, 1.82) is 0 Å². The third kappa shape index (κ3) is 2.71. The Hall–Kier alpha value is -2.57. The summed E-state index contributed by atoms with van der Waals surface area (Å²) in [5.41, 5.74) is -0.910. The number of anilines is 1. The summed E-state index contributed by atoms with van der Waals surface area (Å²) in [6.45, 7) is 0. The lowest BCUT2D eigenvalue weighted by Gasteiger charge is -2.09. The van der Waals surface area contributed by atoms with Crippen LogP contribution in [0.25, 0.3) is 0 Å². The smallest absolute Gasteiger partial charge is 0.338 e. The van der Waals surface area contributed by atoms with E-state index in [1.807, 2.05) is 0 Å². The van der Waals surface area contributed by atoms with Gasteiger partial charge in [0, 0.05) is 7.05 Å². The highest BCUT2D eigenvalue weighted by molar-refractivity contribution is 6.08. The molecule has 0 aromatic heterocycles. The Bertz CT molecular complexity index is 484. The predicted octanol–water partition coefficient (Wildman–Crippen LogP) is 0.834. The number of aromatic carboxylic acids is 2. The molecule has 4 N–H and O–H groups in total. The predicted molar refractivity (Wildman–Crippen MR) is 58.4 cm³/mol. The van der Waals surface area contributed by atoms with Crippen LogP contribution in [0.1, 0.15) is 20.7 Å². The monoisotopic (exact) mass is 238 g/mol. The molecule has 1 aromatic carbocycles. The number of hydrogen-bond acceptors (Lipinski definition) is 3. The molecule has 0 unspecified atom stereocenters. The molecule has 2 amide bonds. The molecule has 7 nitrogen and oxygen atoms in total. The molecule has 0 atom stereocenters. The van der Waals surface area contributed by atoms with E-state index in [-0.39, 0.29) is 11.3 Å². The van der Waals surface area contributed by atoms with E-state index in [9.17, 15) is 14.4 Å². The molecule has 0 fully saturated rings. The first-order valence-electron chi connectivity index (χ1n) is 4.55. The van der Waals surface area contributed by atoms with Gasteiger partial charge in [-0.15, -0.1) is 0 Å². The molecule has 0 radical (unpaired) electrons. The maximum atomic E-state index is 11.1. The van der Waals surface area contributed by atoms with Crippen molar-refractivity contribution >= 4 is 23.7 Å². The largest absolute Gasteiger partial charge is 0.478 e. The summed E-state index contributed by atoms with van der Waals surface area (Å²) in [5.74, 6) is -2.79. The Morgan fingerprint density at radius 1 is 1.12 bits per heavy atom. The van der Waals surface area contributed by atoms with Crippen molar-refractivity contribution in [2.75, 3.05) is 12.4 Å². The molecule has 0 aliphatic heterocycles. The fourth-order valence-electron chi connectivity index (χ4n) is 1.25. The van der Waals surface area contributed by atoms with Crippen LogP contribution in [0, 0.1) is 0 Å². The van der Waals surface area contributed by atoms with Crippen LogP contribution in [0.3, 0.4) is 0 Å². The lowest BCUT2D eigenvalue weighted by Crippen LogP contribution is -2.26. The van der Waals surface area contributed by atoms with Crippen LogP contribution in [0.5, 0.6) is 0 Å². The summed E-state index contributed by atoms with van der Waals surface area (Å²) < 4.78 is 0. The third-order valence-corrected chi connectivity index (χ3v) is 1.98. The van der Waals surface area contributed by atoms with Crippen molar-refractivity contribution in [3.05, 3.63) is 29.3 Å². The molecule has 90 valence electrons. The van der Waals surface area contributed by atoms with Crippen LogP contribution in [0.15, 0.2) is 18.2 Å². The first-order chi connectivity index (χ1) is 7.97. The quantitative estimate of drug-likeness (QED) is 0.622. The number of benzene rings is 1. The van der Waals surface area contributed by atoms with Crippen molar-refractivity contribution in [1.82, 2.24) is 5.32 Å².